The van der Waals surface area contributed by atoms with Crippen molar-refractivity contribution in [2.45, 2.75) is 6.17 Å². The Morgan fingerprint density at radius 2 is 0.582 bits per heavy atom. The molecule has 398 valence electrons. The molecule has 1 aliphatic heterocycles. The summed E-state index contributed by atoms with van der Waals surface area (Å²) >= 11 is 0. The van der Waals surface area contributed by atoms with E-state index >= 15 is 0 Å². The van der Waals surface area contributed by atoms with Gasteiger partial charge in [-0.05, 0) is 0 Å². The monoisotopic (exact) mass is 977 g/mol. The lowest BCUT2D eigenvalue weighted by molar-refractivity contribution is -0.139. The van der Waals surface area contributed by atoms with Gasteiger partial charge in [-0.15, -0.1) is 0 Å². The average Bonchev–Trinajstić information content (AvgIpc) is 3.73. The lowest BCUT2D eigenvalue weighted by Gasteiger charge is -2.30. The third-order valence-electron chi connectivity index (χ3n) is 9.17. The molecule has 1 heterocycles. The minimum Gasteiger partial charge on any atom is -0.460 e. The van der Waals surface area contributed by atoms with Crippen LogP contribution in [0, 0.1) is 0 Å². The summed E-state index contributed by atoms with van der Waals surface area (Å²) in [5.41, 5.74) is 0. The van der Waals surface area contributed by atoms with Crippen LogP contribution in [0.15, 0.2) is 12.7 Å². The van der Waals surface area contributed by atoms with E-state index in [0.29, 0.717) is 225 Å². The van der Waals surface area contributed by atoms with Crippen molar-refractivity contribution in [1.82, 2.24) is 9.80 Å². The summed E-state index contributed by atoms with van der Waals surface area (Å²) in [6.45, 7) is 23.9. The molecule has 0 aromatic heterocycles. The standard InChI is InChI=1S/C45H88N2O20/c1-4-45(48)67-42-41-65-38-37-63-34-33-60-26-24-56-18-16-52-10-8-47-6-5-46(7-9-51-15-17-55-23-25-59-29-27-57-21-19-53-13-11-49-2)44(47)43-66-40-39-64-36-35-62-32-31-61-30-28-58-22-20-54-14-12-50-3/h4,44H,1,5-43H2,2-3H3. The average molecular weight is 977 g/mol. The van der Waals surface area contributed by atoms with Gasteiger partial charge in [-0.2, -0.15) is 0 Å². The number of esters is 1. The van der Waals surface area contributed by atoms with Crippen LogP contribution in [0.3, 0.4) is 0 Å². The molecule has 0 aromatic carbocycles. The molecular formula is C45H88N2O20. The Balaban J connectivity index is 2.18. The van der Waals surface area contributed by atoms with Crippen LogP contribution >= 0.6 is 0 Å². The van der Waals surface area contributed by atoms with Crippen molar-refractivity contribution >= 4 is 5.97 Å². The maximum absolute atomic E-state index is 11.0. The van der Waals surface area contributed by atoms with Crippen LogP contribution < -0.4 is 0 Å². The van der Waals surface area contributed by atoms with Crippen LogP contribution in [0.4, 0.5) is 0 Å². The van der Waals surface area contributed by atoms with E-state index in [1.165, 1.54) is 0 Å². The number of hydrogen-bond donors (Lipinski definition) is 0. The Labute approximate surface area is 400 Å². The molecule has 22 nitrogen and oxygen atoms in total. The Hall–Kier alpha value is -1.59. The first-order valence-corrected chi connectivity index (χ1v) is 23.7. The maximum atomic E-state index is 11.0. The molecule has 0 N–H and O–H groups in total. The van der Waals surface area contributed by atoms with Gasteiger partial charge in [-0.1, -0.05) is 6.58 Å². The van der Waals surface area contributed by atoms with Gasteiger partial charge in [-0.25, -0.2) is 4.79 Å². The molecule has 1 aliphatic rings. The van der Waals surface area contributed by atoms with Crippen molar-refractivity contribution in [3.63, 3.8) is 0 Å². The largest absolute Gasteiger partial charge is 0.460 e. The maximum Gasteiger partial charge on any atom is 0.330 e. The summed E-state index contributed by atoms with van der Waals surface area (Å²) in [7, 11) is 3.29. The van der Waals surface area contributed by atoms with E-state index in [1.54, 1.807) is 14.2 Å². The molecule has 0 spiro atoms. The number of carbonyl (C=O) groups excluding carboxylic acids is 1. The highest BCUT2D eigenvalue weighted by Crippen LogP contribution is 2.15. The summed E-state index contributed by atoms with van der Waals surface area (Å²) in [5.74, 6) is -0.465. The van der Waals surface area contributed by atoms with Crippen LogP contribution in [-0.4, -0.2) is 294 Å². The van der Waals surface area contributed by atoms with Gasteiger partial charge in [0.05, 0.1) is 231 Å². The van der Waals surface area contributed by atoms with Crippen LogP contribution in [0.1, 0.15) is 0 Å². The van der Waals surface area contributed by atoms with E-state index in [9.17, 15) is 4.79 Å². The third kappa shape index (κ3) is 45.3. The molecule has 0 saturated carbocycles. The van der Waals surface area contributed by atoms with Crippen molar-refractivity contribution in [3.05, 3.63) is 12.7 Å². The van der Waals surface area contributed by atoms with Gasteiger partial charge in [0.2, 0.25) is 0 Å². The van der Waals surface area contributed by atoms with Gasteiger partial charge in [0.1, 0.15) is 6.61 Å². The van der Waals surface area contributed by atoms with E-state index in [2.05, 4.69) is 16.4 Å². The molecule has 0 aromatic rings. The van der Waals surface area contributed by atoms with Gasteiger partial charge in [0.15, 0.2) is 0 Å². The molecule has 1 unspecified atom stereocenters. The number of rotatable bonds is 57. The zero-order valence-corrected chi connectivity index (χ0v) is 41.0. The van der Waals surface area contributed by atoms with Crippen LogP contribution in [0.5, 0.6) is 0 Å². The first-order valence-electron chi connectivity index (χ1n) is 23.7. The second-order valence-electron chi connectivity index (χ2n) is 14.2. The SMILES string of the molecule is C=CC(=O)OCCOCCOCCOCCOCCOCCN1CCN(CCOCCOCCOCCOCCOCCOC)C1COCCOCCOCCOCCOCCOCCOC. The van der Waals surface area contributed by atoms with Crippen LogP contribution in [0.25, 0.3) is 0 Å². The number of nitrogens with zero attached hydrogens (tertiary/aromatic N) is 2. The summed E-state index contributed by atoms with van der Waals surface area (Å²) in [6.07, 6.45) is 1.21. The minimum absolute atomic E-state index is 0.0922. The zero-order chi connectivity index (χ0) is 48.0. The van der Waals surface area contributed by atoms with E-state index in [1.807, 2.05) is 0 Å². The van der Waals surface area contributed by atoms with Crippen molar-refractivity contribution in [2.24, 2.45) is 0 Å². The number of carbonyl (C=O) groups is 1. The van der Waals surface area contributed by atoms with E-state index in [0.717, 1.165) is 32.3 Å². The second-order valence-corrected chi connectivity index (χ2v) is 14.2. The summed E-state index contributed by atoms with van der Waals surface area (Å²) < 4.78 is 104. The molecule has 1 saturated heterocycles. The summed E-state index contributed by atoms with van der Waals surface area (Å²) in [5, 5.41) is 0. The zero-order valence-electron chi connectivity index (χ0n) is 41.0. The number of ether oxygens (including phenoxy) is 19. The molecule has 1 fully saturated rings. The van der Waals surface area contributed by atoms with Crippen molar-refractivity contribution in [2.75, 3.05) is 272 Å². The van der Waals surface area contributed by atoms with Gasteiger partial charge >= 0.3 is 5.97 Å². The van der Waals surface area contributed by atoms with E-state index in [4.69, 9.17) is 90.0 Å². The molecule has 0 bridgehead atoms. The number of methoxy groups -OCH3 is 2. The quantitative estimate of drug-likeness (QED) is 0.0455. The fraction of sp³-hybridized carbons (Fsp3) is 0.933. The summed E-state index contributed by atoms with van der Waals surface area (Å²) in [4.78, 5) is 15.7. The highest BCUT2D eigenvalue weighted by molar-refractivity contribution is 5.81. The van der Waals surface area contributed by atoms with Gasteiger partial charge < -0.3 is 90.0 Å². The van der Waals surface area contributed by atoms with Crippen LogP contribution in [-0.2, 0) is 94.8 Å². The van der Waals surface area contributed by atoms with E-state index < -0.39 is 5.97 Å². The van der Waals surface area contributed by atoms with Gasteiger partial charge in [0, 0.05) is 46.5 Å². The molecule has 1 atom stereocenters. The van der Waals surface area contributed by atoms with Crippen LogP contribution in [0.2, 0.25) is 0 Å². The lowest BCUT2D eigenvalue weighted by Crippen LogP contribution is -2.45. The van der Waals surface area contributed by atoms with Crippen molar-refractivity contribution in [1.29, 1.82) is 0 Å². The van der Waals surface area contributed by atoms with Crippen molar-refractivity contribution in [3.8, 4) is 0 Å². The number of hydrogen-bond acceptors (Lipinski definition) is 22. The first kappa shape index (κ1) is 63.4. The highest BCUT2D eigenvalue weighted by atomic mass is 16.6. The first-order chi connectivity index (χ1) is 33.2. The molecule has 1 rings (SSSR count). The molecule has 0 aliphatic carbocycles. The highest BCUT2D eigenvalue weighted by Gasteiger charge is 2.31. The predicted octanol–water partition coefficient (Wildman–Crippen LogP) is 0.218. The molecule has 0 radical (unpaired) electrons. The fourth-order valence-corrected chi connectivity index (χ4v) is 5.68. The minimum atomic E-state index is -0.465. The normalized spacial score (nSPS) is 14.4. The topological polar surface area (TPSA) is 199 Å². The van der Waals surface area contributed by atoms with E-state index in [-0.39, 0.29) is 12.8 Å². The predicted molar refractivity (Wildman–Crippen MR) is 245 cm³/mol. The molecular weight excluding hydrogens is 888 g/mol. The smallest absolute Gasteiger partial charge is 0.330 e. The molecule has 0 amide bonds. The molecule has 67 heavy (non-hydrogen) atoms. The third-order valence-corrected chi connectivity index (χ3v) is 9.17. The second kappa shape index (κ2) is 53.8. The Kier molecular flexibility index (Phi) is 50.9. The lowest BCUT2D eigenvalue weighted by atomic mass is 10.4. The summed E-state index contributed by atoms with van der Waals surface area (Å²) in [6, 6.07) is 0. The fourth-order valence-electron chi connectivity index (χ4n) is 5.68. The molecule has 22 heteroatoms. The van der Waals surface area contributed by atoms with Gasteiger partial charge in [0.25, 0.3) is 0 Å². The Morgan fingerprint density at radius 3 is 0.836 bits per heavy atom. The van der Waals surface area contributed by atoms with Gasteiger partial charge in [-0.3, -0.25) is 9.80 Å². The van der Waals surface area contributed by atoms with Crippen molar-refractivity contribution < 1.29 is 94.8 Å². The Bertz CT molecular complexity index is 1010. The Morgan fingerprint density at radius 1 is 0.358 bits per heavy atom.